The Balaban J connectivity index is 1.61. The summed E-state index contributed by atoms with van der Waals surface area (Å²) >= 11 is 1.01. The van der Waals surface area contributed by atoms with Crippen LogP contribution in [0.3, 0.4) is 0 Å². The average Bonchev–Trinajstić information content (AvgIpc) is 3.05. The molecule has 0 saturated heterocycles. The molecule has 0 saturated carbocycles. The minimum Gasteiger partial charge on any atom is -0.411 e. The van der Waals surface area contributed by atoms with Crippen molar-refractivity contribution in [3.8, 4) is 11.5 Å². The van der Waals surface area contributed by atoms with Gasteiger partial charge in [0.15, 0.2) is 0 Å². The van der Waals surface area contributed by atoms with Gasteiger partial charge in [0.2, 0.25) is 5.91 Å². The fourth-order valence-corrected chi connectivity index (χ4v) is 2.62. The van der Waals surface area contributed by atoms with Crippen LogP contribution in [0.25, 0.3) is 11.5 Å². The van der Waals surface area contributed by atoms with Crippen LogP contribution in [0.5, 0.6) is 0 Å². The molecule has 2 aromatic carbocycles. The van der Waals surface area contributed by atoms with Crippen molar-refractivity contribution in [2.75, 3.05) is 11.1 Å². The number of anilines is 1. The van der Waals surface area contributed by atoms with Crippen LogP contribution in [0, 0.1) is 18.6 Å². The number of thioether (sulfide) groups is 1. The number of rotatable bonds is 5. The first kappa shape index (κ1) is 17.1. The molecule has 8 heteroatoms. The molecule has 0 aliphatic carbocycles. The molecule has 5 nitrogen and oxygen atoms in total. The number of nitrogens with zero attached hydrogens (tertiary/aromatic N) is 2. The summed E-state index contributed by atoms with van der Waals surface area (Å²) in [6.45, 7) is 1.76. The van der Waals surface area contributed by atoms with E-state index in [0.717, 1.165) is 17.3 Å². The van der Waals surface area contributed by atoms with Crippen molar-refractivity contribution < 1.29 is 18.0 Å². The highest BCUT2D eigenvalue weighted by atomic mass is 32.2. The third kappa shape index (κ3) is 4.21. The van der Waals surface area contributed by atoms with Gasteiger partial charge < -0.3 is 9.73 Å². The molecule has 0 radical (unpaired) electrons. The van der Waals surface area contributed by atoms with Gasteiger partial charge in [0.1, 0.15) is 11.6 Å². The van der Waals surface area contributed by atoms with Crippen molar-refractivity contribution in [3.05, 3.63) is 59.7 Å². The van der Waals surface area contributed by atoms with Crippen molar-refractivity contribution >= 4 is 23.4 Å². The van der Waals surface area contributed by atoms with Gasteiger partial charge in [0, 0.05) is 5.69 Å². The highest BCUT2D eigenvalue weighted by Crippen LogP contribution is 2.25. The van der Waals surface area contributed by atoms with Crippen LogP contribution in [0.15, 0.2) is 52.1 Å². The lowest BCUT2D eigenvalue weighted by Gasteiger charge is -2.07. The van der Waals surface area contributed by atoms with E-state index in [1.807, 2.05) is 0 Å². The first-order chi connectivity index (χ1) is 12.0. The maximum Gasteiger partial charge on any atom is 0.277 e. The molecule has 3 rings (SSSR count). The molecule has 1 heterocycles. The van der Waals surface area contributed by atoms with Crippen LogP contribution in [0.2, 0.25) is 0 Å². The zero-order valence-electron chi connectivity index (χ0n) is 13.1. The van der Waals surface area contributed by atoms with Crippen molar-refractivity contribution in [1.29, 1.82) is 0 Å². The summed E-state index contributed by atoms with van der Waals surface area (Å²) in [5.74, 6) is -1.21. The van der Waals surface area contributed by atoms with Gasteiger partial charge in [0.05, 0.1) is 11.3 Å². The van der Waals surface area contributed by atoms with Gasteiger partial charge in [-0.1, -0.05) is 30.0 Å². The number of hydrogen-bond acceptors (Lipinski definition) is 5. The Hall–Kier alpha value is -2.74. The van der Waals surface area contributed by atoms with E-state index in [-0.39, 0.29) is 28.3 Å². The molecule has 1 aromatic heterocycles. The Bertz CT molecular complexity index is 914. The summed E-state index contributed by atoms with van der Waals surface area (Å²) in [6, 6.07) is 10.2. The minimum absolute atomic E-state index is 0.00510. The SMILES string of the molecule is Cc1ccc(F)cc1NC(=O)CSc1nnc(-c2ccccc2F)o1. The van der Waals surface area contributed by atoms with Gasteiger partial charge in [-0.3, -0.25) is 4.79 Å². The summed E-state index contributed by atoms with van der Waals surface area (Å²) < 4.78 is 32.3. The number of carbonyl (C=O) groups excluding carboxylic acids is 1. The van der Waals surface area contributed by atoms with E-state index < -0.39 is 11.6 Å². The molecule has 1 amide bonds. The summed E-state index contributed by atoms with van der Waals surface area (Å²) in [5.41, 5.74) is 1.35. The Morgan fingerprint density at radius 3 is 2.80 bits per heavy atom. The highest BCUT2D eigenvalue weighted by Gasteiger charge is 2.14. The van der Waals surface area contributed by atoms with Gasteiger partial charge in [-0.2, -0.15) is 0 Å². The van der Waals surface area contributed by atoms with E-state index >= 15 is 0 Å². The Morgan fingerprint density at radius 2 is 2.00 bits per heavy atom. The average molecular weight is 361 g/mol. The van der Waals surface area contributed by atoms with Gasteiger partial charge in [0.25, 0.3) is 11.1 Å². The van der Waals surface area contributed by atoms with E-state index in [0.29, 0.717) is 5.69 Å². The number of aryl methyl sites for hydroxylation is 1. The second-order valence-electron chi connectivity index (χ2n) is 5.15. The molecule has 128 valence electrons. The molecule has 25 heavy (non-hydrogen) atoms. The van der Waals surface area contributed by atoms with E-state index in [1.54, 1.807) is 25.1 Å². The number of nitrogens with one attached hydrogen (secondary N) is 1. The van der Waals surface area contributed by atoms with Gasteiger partial charge in [-0.25, -0.2) is 8.78 Å². The second kappa shape index (κ2) is 7.43. The smallest absolute Gasteiger partial charge is 0.277 e. The number of aromatic nitrogens is 2. The van der Waals surface area contributed by atoms with Crippen molar-refractivity contribution in [3.63, 3.8) is 0 Å². The lowest BCUT2D eigenvalue weighted by molar-refractivity contribution is -0.113. The predicted molar refractivity (Wildman–Crippen MR) is 90.2 cm³/mol. The minimum atomic E-state index is -0.470. The van der Waals surface area contributed by atoms with Crippen molar-refractivity contribution in [2.45, 2.75) is 12.1 Å². The summed E-state index contributed by atoms with van der Waals surface area (Å²) in [6.07, 6.45) is 0. The highest BCUT2D eigenvalue weighted by molar-refractivity contribution is 7.99. The normalized spacial score (nSPS) is 10.7. The number of halogens is 2. The third-order valence-electron chi connectivity index (χ3n) is 3.31. The number of hydrogen-bond donors (Lipinski definition) is 1. The first-order valence-corrected chi connectivity index (χ1v) is 8.28. The van der Waals surface area contributed by atoms with E-state index in [9.17, 15) is 13.6 Å². The van der Waals surface area contributed by atoms with E-state index in [2.05, 4.69) is 15.5 Å². The van der Waals surface area contributed by atoms with Crippen LogP contribution in [0.4, 0.5) is 14.5 Å². The number of amides is 1. The molecule has 0 aliphatic rings. The van der Waals surface area contributed by atoms with Gasteiger partial charge in [-0.15, -0.1) is 10.2 Å². The van der Waals surface area contributed by atoms with Gasteiger partial charge >= 0.3 is 0 Å². The largest absolute Gasteiger partial charge is 0.411 e. The number of benzene rings is 2. The summed E-state index contributed by atoms with van der Waals surface area (Å²) in [7, 11) is 0. The molecule has 0 unspecified atom stereocenters. The molecule has 3 aromatic rings. The topological polar surface area (TPSA) is 68.0 Å². The van der Waals surface area contributed by atoms with Crippen molar-refractivity contribution in [2.24, 2.45) is 0 Å². The quantitative estimate of drug-likeness (QED) is 0.694. The Labute approximate surface area is 146 Å². The fraction of sp³-hybridized carbons (Fsp3) is 0.118. The number of carbonyl (C=O) groups is 1. The fourth-order valence-electron chi connectivity index (χ4n) is 2.05. The molecule has 0 aliphatic heterocycles. The monoisotopic (exact) mass is 361 g/mol. The summed E-state index contributed by atoms with van der Waals surface area (Å²) in [5, 5.41) is 10.3. The maximum absolute atomic E-state index is 13.7. The van der Waals surface area contributed by atoms with Crippen LogP contribution in [0.1, 0.15) is 5.56 Å². The van der Waals surface area contributed by atoms with Crippen LogP contribution in [-0.2, 0) is 4.79 Å². The molecule has 0 fully saturated rings. The summed E-state index contributed by atoms with van der Waals surface area (Å²) in [4.78, 5) is 12.0. The molecule has 0 bridgehead atoms. The molecule has 1 N–H and O–H groups in total. The zero-order valence-corrected chi connectivity index (χ0v) is 13.9. The molecule has 0 spiro atoms. The molecule has 0 atom stereocenters. The van der Waals surface area contributed by atoms with Crippen molar-refractivity contribution in [1.82, 2.24) is 10.2 Å². The molecular weight excluding hydrogens is 348 g/mol. The Morgan fingerprint density at radius 1 is 1.20 bits per heavy atom. The third-order valence-corrected chi connectivity index (χ3v) is 4.13. The zero-order chi connectivity index (χ0) is 17.8. The standard InChI is InChI=1S/C17H13F2N3O2S/c1-10-6-7-11(18)8-14(10)20-15(23)9-25-17-22-21-16(24-17)12-4-2-3-5-13(12)19/h2-8H,9H2,1H3,(H,20,23). The van der Waals surface area contributed by atoms with Gasteiger partial charge in [-0.05, 0) is 36.8 Å². The van der Waals surface area contributed by atoms with E-state index in [1.165, 1.54) is 24.3 Å². The lowest BCUT2D eigenvalue weighted by atomic mass is 10.2. The first-order valence-electron chi connectivity index (χ1n) is 7.30. The predicted octanol–water partition coefficient (Wildman–Crippen LogP) is 4.05. The molecular formula is C17H13F2N3O2S. The second-order valence-corrected chi connectivity index (χ2v) is 6.08. The van der Waals surface area contributed by atoms with E-state index in [4.69, 9.17) is 4.42 Å². The van der Waals surface area contributed by atoms with Crippen LogP contribution in [-0.4, -0.2) is 21.9 Å². The van der Waals surface area contributed by atoms with Crippen LogP contribution >= 0.6 is 11.8 Å². The maximum atomic E-state index is 13.7. The lowest BCUT2D eigenvalue weighted by Crippen LogP contribution is -2.15. The van der Waals surface area contributed by atoms with Crippen LogP contribution < -0.4 is 5.32 Å². The Kier molecular flexibility index (Phi) is 5.08.